The number of carbonyl (C=O) groups excluding carboxylic acids is 1. The minimum Gasteiger partial charge on any atom is -0.338 e. The van der Waals surface area contributed by atoms with E-state index >= 15 is 0 Å². The standard InChI is InChI=1S/C12H14BrNOS/c13-11-4-10(7-16-11)12(15)14-5-8-2-1-3-9(8)6-14/h4,7-9H,1-3,5-6H2. The Hall–Kier alpha value is -0.350. The Morgan fingerprint density at radius 3 is 2.62 bits per heavy atom. The second-order valence-electron chi connectivity index (χ2n) is 4.80. The van der Waals surface area contributed by atoms with Gasteiger partial charge in [0.15, 0.2) is 0 Å². The van der Waals surface area contributed by atoms with E-state index in [2.05, 4.69) is 15.9 Å². The van der Waals surface area contributed by atoms with Gasteiger partial charge in [0.1, 0.15) is 0 Å². The zero-order valence-electron chi connectivity index (χ0n) is 8.99. The lowest BCUT2D eigenvalue weighted by atomic mass is 10.0. The van der Waals surface area contributed by atoms with Crippen molar-refractivity contribution in [3.63, 3.8) is 0 Å². The summed E-state index contributed by atoms with van der Waals surface area (Å²) in [5, 5.41) is 1.94. The summed E-state index contributed by atoms with van der Waals surface area (Å²) in [6.07, 6.45) is 4.00. The molecule has 2 atom stereocenters. The van der Waals surface area contributed by atoms with E-state index in [9.17, 15) is 4.79 Å². The second kappa shape index (κ2) is 4.15. The van der Waals surface area contributed by atoms with Crippen LogP contribution in [0.3, 0.4) is 0 Å². The molecule has 0 N–H and O–H groups in total. The van der Waals surface area contributed by atoms with Gasteiger partial charge in [0.2, 0.25) is 0 Å². The summed E-state index contributed by atoms with van der Waals surface area (Å²) in [4.78, 5) is 14.2. The first-order chi connectivity index (χ1) is 7.74. The van der Waals surface area contributed by atoms with Crippen molar-refractivity contribution in [1.29, 1.82) is 0 Å². The topological polar surface area (TPSA) is 20.3 Å². The Kier molecular flexibility index (Phi) is 2.80. The largest absolute Gasteiger partial charge is 0.338 e. The van der Waals surface area contributed by atoms with Crippen molar-refractivity contribution >= 4 is 33.2 Å². The number of hydrogen-bond acceptors (Lipinski definition) is 2. The Balaban J connectivity index is 1.73. The molecule has 2 unspecified atom stereocenters. The number of rotatable bonds is 1. The predicted octanol–water partition coefficient (Wildman–Crippen LogP) is 3.38. The highest BCUT2D eigenvalue weighted by Gasteiger charge is 2.38. The van der Waals surface area contributed by atoms with Gasteiger partial charge in [-0.15, -0.1) is 11.3 Å². The molecule has 1 saturated heterocycles. The van der Waals surface area contributed by atoms with Crippen LogP contribution in [0.4, 0.5) is 0 Å². The number of carbonyl (C=O) groups is 1. The van der Waals surface area contributed by atoms with E-state index in [1.807, 2.05) is 16.3 Å². The lowest BCUT2D eigenvalue weighted by Gasteiger charge is -2.16. The molecule has 0 aromatic carbocycles. The molecule has 2 aliphatic rings. The van der Waals surface area contributed by atoms with E-state index in [0.717, 1.165) is 34.3 Å². The summed E-state index contributed by atoms with van der Waals surface area (Å²) in [6, 6.07) is 1.93. The van der Waals surface area contributed by atoms with Gasteiger partial charge in [-0.3, -0.25) is 4.79 Å². The number of hydrogen-bond donors (Lipinski definition) is 0. The van der Waals surface area contributed by atoms with Gasteiger partial charge in [-0.25, -0.2) is 0 Å². The summed E-state index contributed by atoms with van der Waals surface area (Å²) in [6.45, 7) is 1.97. The minimum atomic E-state index is 0.219. The molecule has 1 aromatic heterocycles. The summed E-state index contributed by atoms with van der Waals surface area (Å²) in [5.41, 5.74) is 0.844. The van der Waals surface area contributed by atoms with Gasteiger partial charge in [-0.05, 0) is 46.7 Å². The third-order valence-electron chi connectivity index (χ3n) is 3.83. The molecule has 2 nitrogen and oxygen atoms in total. The summed E-state index contributed by atoms with van der Waals surface area (Å²) < 4.78 is 1.04. The fraction of sp³-hybridized carbons (Fsp3) is 0.583. The van der Waals surface area contributed by atoms with Gasteiger partial charge in [0.05, 0.1) is 9.35 Å². The summed E-state index contributed by atoms with van der Waals surface area (Å²) in [7, 11) is 0. The second-order valence-corrected chi connectivity index (χ2v) is 7.09. The molecule has 2 heterocycles. The lowest BCUT2D eigenvalue weighted by molar-refractivity contribution is 0.0781. The van der Waals surface area contributed by atoms with E-state index in [4.69, 9.17) is 0 Å². The smallest absolute Gasteiger partial charge is 0.254 e. The third kappa shape index (κ3) is 1.82. The maximum Gasteiger partial charge on any atom is 0.254 e. The van der Waals surface area contributed by atoms with Crippen molar-refractivity contribution in [2.45, 2.75) is 19.3 Å². The number of likely N-dealkylation sites (tertiary alicyclic amines) is 1. The Morgan fingerprint density at radius 2 is 2.06 bits per heavy atom. The SMILES string of the molecule is O=C(c1csc(Br)c1)N1CC2CCCC2C1. The van der Waals surface area contributed by atoms with Crippen molar-refractivity contribution in [2.24, 2.45) is 11.8 Å². The van der Waals surface area contributed by atoms with Gasteiger partial charge in [0.25, 0.3) is 5.91 Å². The van der Waals surface area contributed by atoms with Crippen molar-refractivity contribution < 1.29 is 4.79 Å². The van der Waals surface area contributed by atoms with Crippen LogP contribution in [0.15, 0.2) is 15.2 Å². The quantitative estimate of drug-likeness (QED) is 0.778. The average molecular weight is 300 g/mol. The van der Waals surface area contributed by atoms with Crippen molar-refractivity contribution in [1.82, 2.24) is 4.90 Å². The molecule has 86 valence electrons. The molecule has 1 amide bonds. The van der Waals surface area contributed by atoms with Crippen LogP contribution in [0.25, 0.3) is 0 Å². The van der Waals surface area contributed by atoms with Gasteiger partial charge in [-0.1, -0.05) is 6.42 Å². The molecule has 0 bridgehead atoms. The molecule has 4 heteroatoms. The fourth-order valence-corrected chi connectivity index (χ4v) is 4.14. The molecule has 0 radical (unpaired) electrons. The van der Waals surface area contributed by atoms with Crippen molar-refractivity contribution in [2.75, 3.05) is 13.1 Å². The molecule has 1 saturated carbocycles. The number of halogens is 1. The van der Waals surface area contributed by atoms with E-state index in [1.165, 1.54) is 19.3 Å². The molecule has 3 rings (SSSR count). The molecule has 2 fully saturated rings. The predicted molar refractivity (Wildman–Crippen MR) is 68.8 cm³/mol. The van der Waals surface area contributed by atoms with Gasteiger partial charge in [-0.2, -0.15) is 0 Å². The Labute approximate surface area is 108 Å². The zero-order valence-corrected chi connectivity index (χ0v) is 11.4. The lowest BCUT2D eigenvalue weighted by Crippen LogP contribution is -2.29. The van der Waals surface area contributed by atoms with E-state index < -0.39 is 0 Å². The monoisotopic (exact) mass is 299 g/mol. The van der Waals surface area contributed by atoms with Crippen LogP contribution in [0.1, 0.15) is 29.6 Å². The normalized spacial score (nSPS) is 28.4. The number of thiophene rings is 1. The molecular formula is C12H14BrNOS. The molecular weight excluding hydrogens is 286 g/mol. The van der Waals surface area contributed by atoms with Gasteiger partial charge in [0, 0.05) is 18.5 Å². The van der Waals surface area contributed by atoms with Crippen LogP contribution < -0.4 is 0 Å². The number of fused-ring (bicyclic) bond motifs is 1. The minimum absolute atomic E-state index is 0.219. The van der Waals surface area contributed by atoms with Crippen LogP contribution in [-0.2, 0) is 0 Å². The molecule has 0 spiro atoms. The average Bonchev–Trinajstić information content (AvgIpc) is 2.89. The van der Waals surface area contributed by atoms with Crippen LogP contribution in [0.5, 0.6) is 0 Å². The third-order valence-corrected chi connectivity index (χ3v) is 5.33. The first-order valence-corrected chi connectivity index (χ1v) is 7.44. The highest BCUT2D eigenvalue weighted by molar-refractivity contribution is 9.11. The Morgan fingerprint density at radius 1 is 1.38 bits per heavy atom. The fourth-order valence-electron chi connectivity index (χ4n) is 3.01. The van der Waals surface area contributed by atoms with Crippen LogP contribution in [0, 0.1) is 11.8 Å². The number of amides is 1. The van der Waals surface area contributed by atoms with Crippen LogP contribution in [-0.4, -0.2) is 23.9 Å². The van der Waals surface area contributed by atoms with Crippen LogP contribution >= 0.6 is 27.3 Å². The highest BCUT2D eigenvalue weighted by Crippen LogP contribution is 2.38. The van der Waals surface area contributed by atoms with Crippen LogP contribution in [0.2, 0.25) is 0 Å². The molecule has 1 aliphatic carbocycles. The van der Waals surface area contributed by atoms with E-state index in [1.54, 1.807) is 11.3 Å². The van der Waals surface area contributed by atoms with E-state index in [0.29, 0.717) is 0 Å². The van der Waals surface area contributed by atoms with E-state index in [-0.39, 0.29) is 5.91 Å². The maximum atomic E-state index is 12.2. The first kappa shape index (κ1) is 10.8. The highest BCUT2D eigenvalue weighted by atomic mass is 79.9. The number of nitrogens with zero attached hydrogens (tertiary/aromatic N) is 1. The summed E-state index contributed by atoms with van der Waals surface area (Å²) >= 11 is 4.99. The maximum absolute atomic E-state index is 12.2. The van der Waals surface area contributed by atoms with Gasteiger partial charge >= 0.3 is 0 Å². The Bertz CT molecular complexity index is 405. The zero-order chi connectivity index (χ0) is 11.1. The van der Waals surface area contributed by atoms with Crippen molar-refractivity contribution in [3.8, 4) is 0 Å². The van der Waals surface area contributed by atoms with Crippen molar-refractivity contribution in [3.05, 3.63) is 20.8 Å². The first-order valence-electron chi connectivity index (χ1n) is 5.77. The van der Waals surface area contributed by atoms with Gasteiger partial charge < -0.3 is 4.90 Å². The molecule has 1 aliphatic heterocycles. The summed E-state index contributed by atoms with van der Waals surface area (Å²) in [5.74, 6) is 1.79. The molecule has 16 heavy (non-hydrogen) atoms. The molecule has 1 aromatic rings.